The van der Waals surface area contributed by atoms with Crippen molar-refractivity contribution in [3.63, 3.8) is 0 Å². The molecule has 0 aliphatic heterocycles. The molecule has 0 aliphatic carbocycles. The van der Waals surface area contributed by atoms with Crippen LogP contribution in [-0.4, -0.2) is 19.5 Å². The lowest BCUT2D eigenvalue weighted by Crippen LogP contribution is -2.23. The summed E-state index contributed by atoms with van der Waals surface area (Å²) < 4.78 is 0. The Morgan fingerprint density at radius 2 is 1.93 bits per heavy atom. The van der Waals surface area contributed by atoms with Crippen LogP contribution in [0.5, 0.6) is 0 Å². The molecule has 1 rings (SSSR count). The van der Waals surface area contributed by atoms with Crippen molar-refractivity contribution in [2.45, 2.75) is 6.42 Å². The Kier molecular flexibility index (Phi) is 3.34. The van der Waals surface area contributed by atoms with Crippen molar-refractivity contribution in [1.82, 2.24) is 0 Å². The van der Waals surface area contributed by atoms with Crippen molar-refractivity contribution < 1.29 is 4.79 Å². The Labute approximate surface area is 83.5 Å². The fraction of sp³-hybridized carbons (Fsp3) is 0.300. The molecule has 4 heteroatoms. The highest BCUT2D eigenvalue weighted by atomic mass is 16.1. The van der Waals surface area contributed by atoms with Gasteiger partial charge in [0.05, 0.1) is 0 Å². The standard InChI is InChI=1S/C10H15N3O/c1-13(7-6-10(12)14)9-4-2-8(11)3-5-9/h2-5H,6-7,11H2,1H3,(H2,12,14). The zero-order valence-electron chi connectivity index (χ0n) is 8.23. The summed E-state index contributed by atoms with van der Waals surface area (Å²) in [6.07, 6.45) is 0.362. The normalized spacial score (nSPS) is 9.79. The monoisotopic (exact) mass is 193 g/mol. The smallest absolute Gasteiger partial charge is 0.219 e. The van der Waals surface area contributed by atoms with E-state index in [-0.39, 0.29) is 5.91 Å². The molecular formula is C10H15N3O. The number of carbonyl (C=O) groups excluding carboxylic acids is 1. The Morgan fingerprint density at radius 3 is 2.43 bits per heavy atom. The number of hydrogen-bond donors (Lipinski definition) is 2. The first-order valence-electron chi connectivity index (χ1n) is 4.44. The first-order chi connectivity index (χ1) is 6.59. The fourth-order valence-electron chi connectivity index (χ4n) is 1.14. The molecule has 14 heavy (non-hydrogen) atoms. The van der Waals surface area contributed by atoms with Gasteiger partial charge in [-0.1, -0.05) is 0 Å². The second-order valence-electron chi connectivity index (χ2n) is 3.23. The maximum Gasteiger partial charge on any atom is 0.219 e. The molecule has 1 aromatic rings. The predicted molar refractivity (Wildman–Crippen MR) is 57.9 cm³/mol. The van der Waals surface area contributed by atoms with Gasteiger partial charge in [-0.3, -0.25) is 4.79 Å². The highest BCUT2D eigenvalue weighted by molar-refractivity contribution is 5.74. The van der Waals surface area contributed by atoms with Gasteiger partial charge in [0, 0.05) is 31.4 Å². The molecule has 0 saturated carbocycles. The summed E-state index contributed by atoms with van der Waals surface area (Å²) in [4.78, 5) is 12.5. The number of carbonyl (C=O) groups is 1. The van der Waals surface area contributed by atoms with Crippen LogP contribution in [0.15, 0.2) is 24.3 Å². The van der Waals surface area contributed by atoms with Gasteiger partial charge in [-0.05, 0) is 24.3 Å². The first-order valence-corrected chi connectivity index (χ1v) is 4.44. The summed E-state index contributed by atoms with van der Waals surface area (Å²) in [6, 6.07) is 7.48. The van der Waals surface area contributed by atoms with Gasteiger partial charge in [0.25, 0.3) is 0 Å². The second-order valence-corrected chi connectivity index (χ2v) is 3.23. The largest absolute Gasteiger partial charge is 0.399 e. The number of hydrogen-bond acceptors (Lipinski definition) is 3. The van der Waals surface area contributed by atoms with Crippen LogP contribution in [0.1, 0.15) is 6.42 Å². The van der Waals surface area contributed by atoms with Crippen molar-refractivity contribution in [3.8, 4) is 0 Å². The van der Waals surface area contributed by atoms with E-state index in [1.54, 1.807) is 0 Å². The van der Waals surface area contributed by atoms with Crippen molar-refractivity contribution in [2.24, 2.45) is 5.73 Å². The Morgan fingerprint density at radius 1 is 1.36 bits per heavy atom. The molecule has 0 atom stereocenters. The predicted octanol–water partition coefficient (Wildman–Crippen LogP) is 0.580. The molecular weight excluding hydrogens is 178 g/mol. The van der Waals surface area contributed by atoms with E-state index in [2.05, 4.69) is 0 Å². The summed E-state index contributed by atoms with van der Waals surface area (Å²) in [6.45, 7) is 0.624. The maximum absolute atomic E-state index is 10.6. The van der Waals surface area contributed by atoms with E-state index >= 15 is 0 Å². The molecule has 0 aliphatic rings. The molecule has 76 valence electrons. The third-order valence-electron chi connectivity index (χ3n) is 2.03. The van der Waals surface area contributed by atoms with Crippen molar-refractivity contribution in [3.05, 3.63) is 24.3 Å². The lowest BCUT2D eigenvalue weighted by Gasteiger charge is -2.18. The highest BCUT2D eigenvalue weighted by Crippen LogP contribution is 2.14. The molecule has 0 saturated heterocycles. The average Bonchev–Trinajstić information content (AvgIpc) is 2.15. The lowest BCUT2D eigenvalue weighted by atomic mass is 10.2. The summed E-state index contributed by atoms with van der Waals surface area (Å²) >= 11 is 0. The van der Waals surface area contributed by atoms with Gasteiger partial charge in [-0.2, -0.15) is 0 Å². The third-order valence-corrected chi connectivity index (χ3v) is 2.03. The van der Waals surface area contributed by atoms with E-state index in [1.165, 1.54) is 0 Å². The molecule has 1 amide bonds. The number of nitrogens with zero attached hydrogens (tertiary/aromatic N) is 1. The molecule has 4 nitrogen and oxygen atoms in total. The van der Waals surface area contributed by atoms with E-state index in [4.69, 9.17) is 11.5 Å². The molecule has 0 heterocycles. The van der Waals surface area contributed by atoms with Crippen LogP contribution in [0, 0.1) is 0 Å². The van der Waals surface area contributed by atoms with Crippen molar-refractivity contribution in [1.29, 1.82) is 0 Å². The summed E-state index contributed by atoms with van der Waals surface area (Å²) in [5, 5.41) is 0. The molecule has 0 radical (unpaired) electrons. The van der Waals surface area contributed by atoms with Crippen LogP contribution in [0.4, 0.5) is 11.4 Å². The minimum absolute atomic E-state index is 0.285. The van der Waals surface area contributed by atoms with Gasteiger partial charge in [0.1, 0.15) is 0 Å². The van der Waals surface area contributed by atoms with Crippen LogP contribution in [0.2, 0.25) is 0 Å². The van der Waals surface area contributed by atoms with E-state index in [1.807, 2.05) is 36.2 Å². The molecule has 4 N–H and O–H groups in total. The number of amides is 1. The van der Waals surface area contributed by atoms with Crippen LogP contribution < -0.4 is 16.4 Å². The third kappa shape index (κ3) is 2.97. The zero-order chi connectivity index (χ0) is 10.6. The SMILES string of the molecule is CN(CCC(N)=O)c1ccc(N)cc1. The Balaban J connectivity index is 2.56. The Bertz CT molecular complexity index is 308. The van der Waals surface area contributed by atoms with Crippen molar-refractivity contribution in [2.75, 3.05) is 24.2 Å². The summed E-state index contributed by atoms with van der Waals surface area (Å²) in [5.74, 6) is -0.285. The number of anilines is 2. The fourth-order valence-corrected chi connectivity index (χ4v) is 1.14. The van der Waals surface area contributed by atoms with E-state index in [9.17, 15) is 4.79 Å². The van der Waals surface area contributed by atoms with Crippen LogP contribution in [0.25, 0.3) is 0 Å². The molecule has 0 fully saturated rings. The van der Waals surface area contributed by atoms with E-state index < -0.39 is 0 Å². The van der Waals surface area contributed by atoms with Gasteiger partial charge in [0.15, 0.2) is 0 Å². The average molecular weight is 193 g/mol. The minimum atomic E-state index is -0.285. The lowest BCUT2D eigenvalue weighted by molar-refractivity contribution is -0.117. The quantitative estimate of drug-likeness (QED) is 0.687. The van der Waals surface area contributed by atoms with Crippen molar-refractivity contribution >= 4 is 17.3 Å². The van der Waals surface area contributed by atoms with Gasteiger partial charge < -0.3 is 16.4 Å². The van der Waals surface area contributed by atoms with E-state index in [0.717, 1.165) is 11.4 Å². The zero-order valence-corrected chi connectivity index (χ0v) is 8.23. The molecule has 0 aromatic heterocycles. The maximum atomic E-state index is 10.6. The van der Waals surface area contributed by atoms with Gasteiger partial charge in [-0.15, -0.1) is 0 Å². The van der Waals surface area contributed by atoms with E-state index in [0.29, 0.717) is 13.0 Å². The van der Waals surface area contributed by atoms with Gasteiger partial charge in [0.2, 0.25) is 5.91 Å². The number of nitrogens with two attached hydrogens (primary N) is 2. The number of nitrogen functional groups attached to an aromatic ring is 1. The molecule has 0 spiro atoms. The topological polar surface area (TPSA) is 72.3 Å². The Hall–Kier alpha value is -1.71. The number of primary amides is 1. The molecule has 0 unspecified atom stereocenters. The summed E-state index contributed by atoms with van der Waals surface area (Å²) in [7, 11) is 1.91. The summed E-state index contributed by atoms with van der Waals surface area (Å²) in [5.41, 5.74) is 12.4. The molecule has 0 bridgehead atoms. The van der Waals surface area contributed by atoms with Crippen LogP contribution in [0.3, 0.4) is 0 Å². The number of rotatable bonds is 4. The number of benzene rings is 1. The van der Waals surface area contributed by atoms with Crippen LogP contribution in [-0.2, 0) is 4.79 Å². The molecule has 1 aromatic carbocycles. The minimum Gasteiger partial charge on any atom is -0.399 e. The highest BCUT2D eigenvalue weighted by Gasteiger charge is 2.01. The van der Waals surface area contributed by atoms with Gasteiger partial charge in [-0.25, -0.2) is 0 Å². The first kappa shape index (κ1) is 10.4. The second kappa shape index (κ2) is 4.50. The van der Waals surface area contributed by atoms with Crippen LogP contribution >= 0.6 is 0 Å². The van der Waals surface area contributed by atoms with Gasteiger partial charge >= 0.3 is 0 Å².